The third-order valence-corrected chi connectivity index (χ3v) is 2.36. The zero-order valence-electron chi connectivity index (χ0n) is 5.28. The van der Waals surface area contributed by atoms with Gasteiger partial charge in [-0.3, -0.25) is 0 Å². The number of halogens is 1. The van der Waals surface area contributed by atoms with Gasteiger partial charge >= 0.3 is 0 Å². The number of rotatable bonds is 0. The minimum atomic E-state index is 0.161. The molecule has 0 amide bonds. The molecule has 0 unspecified atom stereocenters. The Morgan fingerprint density at radius 3 is 3.09 bits per heavy atom. The maximum Gasteiger partial charge on any atom is 0.154 e. The van der Waals surface area contributed by atoms with Gasteiger partial charge < -0.3 is 5.11 Å². The zero-order chi connectivity index (χ0) is 7.84. The predicted octanol–water partition coefficient (Wildman–Crippen LogP) is 2.05. The highest BCUT2D eigenvalue weighted by Crippen LogP contribution is 2.29. The van der Waals surface area contributed by atoms with Crippen molar-refractivity contribution >= 4 is 33.2 Å². The van der Waals surface area contributed by atoms with Crippen LogP contribution in [-0.2, 0) is 0 Å². The van der Waals surface area contributed by atoms with Crippen molar-refractivity contribution in [2.24, 2.45) is 0 Å². The highest BCUT2D eigenvalue weighted by atomic mass is 35.5. The maximum atomic E-state index is 9.17. The van der Waals surface area contributed by atoms with E-state index >= 15 is 0 Å². The summed E-state index contributed by atoms with van der Waals surface area (Å²) in [5.41, 5.74) is 0.513. The molecule has 0 aliphatic carbocycles. The monoisotopic (exact) mass is 186 g/mol. The van der Waals surface area contributed by atoms with E-state index in [4.69, 9.17) is 16.7 Å². The van der Waals surface area contributed by atoms with Crippen molar-refractivity contribution < 1.29 is 5.11 Å². The Labute approximate surface area is 71.3 Å². The van der Waals surface area contributed by atoms with Gasteiger partial charge in [0.1, 0.15) is 5.52 Å². The first kappa shape index (κ1) is 6.82. The highest BCUT2D eigenvalue weighted by Gasteiger charge is 2.04. The molecule has 2 aromatic heterocycles. The number of thiophene rings is 1. The molecule has 0 fully saturated rings. The summed E-state index contributed by atoms with van der Waals surface area (Å²) < 4.78 is 0.850. The van der Waals surface area contributed by atoms with Gasteiger partial charge in [0.05, 0.1) is 4.70 Å². The van der Waals surface area contributed by atoms with E-state index in [1.807, 2.05) is 0 Å². The van der Waals surface area contributed by atoms with Gasteiger partial charge in [-0.05, 0) is 6.07 Å². The number of hydrogen-bond acceptors (Lipinski definition) is 4. The summed E-state index contributed by atoms with van der Waals surface area (Å²) in [5.74, 6) is 0.161. The van der Waals surface area contributed by atoms with Crippen LogP contribution in [0.1, 0.15) is 0 Å². The Bertz CT molecular complexity index is 400. The van der Waals surface area contributed by atoms with E-state index in [1.165, 1.54) is 11.3 Å². The molecule has 1 N–H and O–H groups in total. The molecule has 0 saturated carbocycles. The van der Waals surface area contributed by atoms with Crippen molar-refractivity contribution in [3.8, 4) is 5.75 Å². The molecule has 0 atom stereocenters. The summed E-state index contributed by atoms with van der Waals surface area (Å²) in [6, 6.07) is 1.67. The first-order valence-electron chi connectivity index (χ1n) is 2.87. The third kappa shape index (κ3) is 1.04. The Hall–Kier alpha value is -0.870. The predicted molar refractivity (Wildman–Crippen MR) is 44.1 cm³/mol. The SMILES string of the molecule is Oc1csc2cc(Cl)nnc12. The summed E-state index contributed by atoms with van der Waals surface area (Å²) >= 11 is 6.97. The van der Waals surface area contributed by atoms with Crippen LogP contribution in [0.15, 0.2) is 11.4 Å². The van der Waals surface area contributed by atoms with Crippen LogP contribution in [0.25, 0.3) is 10.2 Å². The second-order valence-corrected chi connectivity index (χ2v) is 3.30. The minimum Gasteiger partial charge on any atom is -0.505 e. The van der Waals surface area contributed by atoms with Crippen molar-refractivity contribution in [2.45, 2.75) is 0 Å². The van der Waals surface area contributed by atoms with Crippen molar-refractivity contribution in [3.05, 3.63) is 16.6 Å². The van der Waals surface area contributed by atoms with Crippen LogP contribution < -0.4 is 0 Å². The molecule has 0 bridgehead atoms. The van der Waals surface area contributed by atoms with E-state index in [-0.39, 0.29) is 5.75 Å². The Morgan fingerprint density at radius 1 is 1.45 bits per heavy atom. The van der Waals surface area contributed by atoms with Gasteiger partial charge in [-0.1, -0.05) is 11.6 Å². The Kier molecular flexibility index (Phi) is 1.44. The molecule has 2 rings (SSSR count). The fourth-order valence-electron chi connectivity index (χ4n) is 0.795. The lowest BCUT2D eigenvalue weighted by molar-refractivity contribution is 0.482. The molecule has 2 aromatic rings. The van der Waals surface area contributed by atoms with Crippen LogP contribution in [-0.4, -0.2) is 15.3 Å². The van der Waals surface area contributed by atoms with Gasteiger partial charge in [-0.15, -0.1) is 21.5 Å². The fraction of sp³-hybridized carbons (Fsp3) is 0. The standard InChI is InChI=1S/C6H3ClN2OS/c7-5-1-4-6(9-8-5)3(10)2-11-4/h1-2,10H. The van der Waals surface area contributed by atoms with Crippen LogP contribution in [0.5, 0.6) is 5.75 Å². The average Bonchev–Trinajstić information content (AvgIpc) is 2.32. The summed E-state index contributed by atoms with van der Waals surface area (Å²) in [6.07, 6.45) is 0. The van der Waals surface area contributed by atoms with Crippen molar-refractivity contribution in [1.82, 2.24) is 10.2 Å². The number of hydrogen-bond donors (Lipinski definition) is 1. The molecule has 0 radical (unpaired) electrons. The van der Waals surface area contributed by atoms with E-state index in [0.717, 1.165) is 4.70 Å². The molecule has 56 valence electrons. The Balaban J connectivity index is 2.86. The van der Waals surface area contributed by atoms with Gasteiger partial charge in [0.25, 0.3) is 0 Å². The van der Waals surface area contributed by atoms with E-state index < -0.39 is 0 Å². The molecule has 5 heteroatoms. The van der Waals surface area contributed by atoms with Crippen LogP contribution in [0.2, 0.25) is 5.15 Å². The minimum absolute atomic E-state index is 0.161. The fourth-order valence-corrected chi connectivity index (χ4v) is 1.79. The smallest absolute Gasteiger partial charge is 0.154 e. The number of aromatic nitrogens is 2. The Morgan fingerprint density at radius 2 is 2.27 bits per heavy atom. The molecule has 0 aliphatic rings. The maximum absolute atomic E-state index is 9.17. The van der Waals surface area contributed by atoms with Gasteiger partial charge in [0, 0.05) is 5.38 Å². The van der Waals surface area contributed by atoms with E-state index in [0.29, 0.717) is 10.7 Å². The van der Waals surface area contributed by atoms with Gasteiger partial charge in [-0.25, -0.2) is 0 Å². The molecule has 2 heterocycles. The summed E-state index contributed by atoms with van der Waals surface area (Å²) in [7, 11) is 0. The summed E-state index contributed by atoms with van der Waals surface area (Å²) in [4.78, 5) is 0. The first-order valence-corrected chi connectivity index (χ1v) is 4.12. The largest absolute Gasteiger partial charge is 0.505 e. The van der Waals surface area contributed by atoms with Crippen molar-refractivity contribution in [1.29, 1.82) is 0 Å². The molecule has 0 aliphatic heterocycles. The lowest BCUT2D eigenvalue weighted by Gasteiger charge is -1.87. The first-order chi connectivity index (χ1) is 5.27. The zero-order valence-corrected chi connectivity index (χ0v) is 6.85. The lowest BCUT2D eigenvalue weighted by Crippen LogP contribution is -1.79. The van der Waals surface area contributed by atoms with Crippen LogP contribution in [0.4, 0.5) is 0 Å². The molecule has 11 heavy (non-hydrogen) atoms. The van der Waals surface area contributed by atoms with Crippen LogP contribution in [0.3, 0.4) is 0 Å². The number of fused-ring (bicyclic) bond motifs is 1. The second kappa shape index (κ2) is 2.32. The molecule has 0 saturated heterocycles. The van der Waals surface area contributed by atoms with Gasteiger partial charge in [0.15, 0.2) is 10.9 Å². The topological polar surface area (TPSA) is 46.0 Å². The van der Waals surface area contributed by atoms with E-state index in [2.05, 4.69) is 10.2 Å². The third-order valence-electron chi connectivity index (χ3n) is 1.27. The van der Waals surface area contributed by atoms with Crippen molar-refractivity contribution in [3.63, 3.8) is 0 Å². The molecular formula is C6H3ClN2OS. The number of nitrogens with zero attached hydrogens (tertiary/aromatic N) is 2. The second-order valence-electron chi connectivity index (χ2n) is 2.00. The highest BCUT2D eigenvalue weighted by molar-refractivity contribution is 7.17. The average molecular weight is 187 g/mol. The van der Waals surface area contributed by atoms with E-state index in [1.54, 1.807) is 11.4 Å². The molecule has 3 nitrogen and oxygen atoms in total. The van der Waals surface area contributed by atoms with E-state index in [9.17, 15) is 0 Å². The summed E-state index contributed by atoms with van der Waals surface area (Å²) in [5, 5.41) is 18.4. The quantitative estimate of drug-likeness (QED) is 0.685. The van der Waals surface area contributed by atoms with Crippen LogP contribution in [0, 0.1) is 0 Å². The number of aromatic hydroxyl groups is 1. The molecule has 0 spiro atoms. The summed E-state index contributed by atoms with van der Waals surface area (Å²) in [6.45, 7) is 0. The normalized spacial score (nSPS) is 10.6. The lowest BCUT2D eigenvalue weighted by atomic mass is 10.4. The van der Waals surface area contributed by atoms with Crippen LogP contribution >= 0.6 is 22.9 Å². The van der Waals surface area contributed by atoms with Gasteiger partial charge in [0.2, 0.25) is 0 Å². The molecule has 0 aromatic carbocycles. The van der Waals surface area contributed by atoms with Gasteiger partial charge in [-0.2, -0.15) is 0 Å². The molecular weight excluding hydrogens is 184 g/mol. The van der Waals surface area contributed by atoms with Crippen molar-refractivity contribution in [2.75, 3.05) is 0 Å².